The lowest BCUT2D eigenvalue weighted by Crippen LogP contribution is -2.36. The molecule has 34 heavy (non-hydrogen) atoms. The number of amides is 1. The van der Waals surface area contributed by atoms with Gasteiger partial charge < -0.3 is 14.8 Å². The van der Waals surface area contributed by atoms with E-state index in [0.29, 0.717) is 11.4 Å². The van der Waals surface area contributed by atoms with Crippen molar-refractivity contribution in [2.45, 2.75) is 12.5 Å². The summed E-state index contributed by atoms with van der Waals surface area (Å²) in [6.07, 6.45) is 2.86. The van der Waals surface area contributed by atoms with Crippen LogP contribution in [0.5, 0.6) is 17.4 Å². The summed E-state index contributed by atoms with van der Waals surface area (Å²) in [5.41, 5.74) is -0.766. The number of carbonyl (C=O) groups excluding carboxylic acids is 1. The van der Waals surface area contributed by atoms with Gasteiger partial charge in [-0.3, -0.25) is 14.0 Å². The van der Waals surface area contributed by atoms with Crippen molar-refractivity contribution in [3.8, 4) is 23.4 Å². The lowest BCUT2D eigenvalue weighted by Gasteiger charge is -2.13. The summed E-state index contributed by atoms with van der Waals surface area (Å²) in [4.78, 5) is 30.3. The van der Waals surface area contributed by atoms with Gasteiger partial charge in [0.1, 0.15) is 22.9 Å². The topological polar surface area (TPSA) is 140 Å². The number of carbonyl (C=O) groups is 1. The van der Waals surface area contributed by atoms with Crippen molar-refractivity contribution in [3.63, 3.8) is 0 Å². The first-order valence-corrected chi connectivity index (χ1v) is 12.1. The first-order valence-electron chi connectivity index (χ1n) is 10.3. The summed E-state index contributed by atoms with van der Waals surface area (Å²) >= 11 is 0. The van der Waals surface area contributed by atoms with Crippen LogP contribution in [-0.4, -0.2) is 48.4 Å². The largest absolute Gasteiger partial charge is 0.493 e. The van der Waals surface area contributed by atoms with Crippen LogP contribution in [0.1, 0.15) is 12.0 Å². The Morgan fingerprint density at radius 1 is 1.24 bits per heavy atom. The molecule has 1 fully saturated rings. The SMILES string of the molecule is COc1ccccc1Oc1nc2ccccn2c(=O)c1/C=C(\C#N)C(=O)N[C@@H]1CCS(=O)(=O)C1. The molecule has 174 valence electrons. The third kappa shape index (κ3) is 4.77. The summed E-state index contributed by atoms with van der Waals surface area (Å²) in [6.45, 7) is 0. The number of ether oxygens (including phenoxy) is 2. The van der Waals surface area contributed by atoms with E-state index in [1.807, 2.05) is 0 Å². The number of nitrogens with one attached hydrogen (secondary N) is 1. The van der Waals surface area contributed by atoms with Crippen molar-refractivity contribution < 1.29 is 22.7 Å². The van der Waals surface area contributed by atoms with Crippen molar-refractivity contribution in [2.75, 3.05) is 18.6 Å². The molecule has 1 aromatic carbocycles. The van der Waals surface area contributed by atoms with Gasteiger partial charge in [0.25, 0.3) is 11.5 Å². The fourth-order valence-corrected chi connectivity index (χ4v) is 5.23. The summed E-state index contributed by atoms with van der Waals surface area (Å²) in [5.74, 6) is -0.454. The maximum absolute atomic E-state index is 13.2. The third-order valence-electron chi connectivity index (χ3n) is 5.23. The third-order valence-corrected chi connectivity index (χ3v) is 7.00. The highest BCUT2D eigenvalue weighted by atomic mass is 32.2. The minimum absolute atomic E-state index is 0.0314. The van der Waals surface area contributed by atoms with E-state index in [0.717, 1.165) is 6.08 Å². The van der Waals surface area contributed by atoms with Gasteiger partial charge in [-0.1, -0.05) is 18.2 Å². The molecule has 10 nitrogen and oxygen atoms in total. The first kappa shape index (κ1) is 23.0. The lowest BCUT2D eigenvalue weighted by atomic mass is 10.1. The summed E-state index contributed by atoms with van der Waals surface area (Å²) in [7, 11) is -1.76. The van der Waals surface area contributed by atoms with E-state index in [2.05, 4.69) is 10.3 Å². The van der Waals surface area contributed by atoms with Crippen molar-refractivity contribution >= 4 is 27.5 Å². The Morgan fingerprint density at radius 2 is 1.97 bits per heavy atom. The molecule has 1 atom stereocenters. The van der Waals surface area contributed by atoms with Gasteiger partial charge in [0.15, 0.2) is 21.3 Å². The molecule has 1 saturated heterocycles. The van der Waals surface area contributed by atoms with Crippen LogP contribution in [0.3, 0.4) is 0 Å². The molecule has 3 aromatic rings. The van der Waals surface area contributed by atoms with E-state index in [1.165, 1.54) is 17.7 Å². The zero-order valence-corrected chi connectivity index (χ0v) is 18.9. The molecule has 4 rings (SSSR count). The Bertz CT molecular complexity index is 1500. The van der Waals surface area contributed by atoms with Gasteiger partial charge in [-0.25, -0.2) is 8.42 Å². The highest BCUT2D eigenvalue weighted by molar-refractivity contribution is 7.91. The molecule has 0 unspecified atom stereocenters. The Morgan fingerprint density at radius 3 is 2.65 bits per heavy atom. The quantitative estimate of drug-likeness (QED) is 0.415. The van der Waals surface area contributed by atoms with E-state index < -0.39 is 27.3 Å². The average Bonchev–Trinajstić information content (AvgIpc) is 3.17. The fraction of sp³-hybridized carbons (Fsp3) is 0.217. The van der Waals surface area contributed by atoms with Crippen LogP contribution >= 0.6 is 0 Å². The van der Waals surface area contributed by atoms with Crippen LogP contribution in [0.15, 0.2) is 59.0 Å². The summed E-state index contributed by atoms with van der Waals surface area (Å²) in [5, 5.41) is 12.2. The van der Waals surface area contributed by atoms with E-state index in [-0.39, 0.29) is 40.7 Å². The first-order chi connectivity index (χ1) is 16.3. The molecule has 0 aliphatic carbocycles. The van der Waals surface area contributed by atoms with Crippen LogP contribution in [-0.2, 0) is 14.6 Å². The predicted molar refractivity (Wildman–Crippen MR) is 123 cm³/mol. The van der Waals surface area contributed by atoms with E-state index >= 15 is 0 Å². The number of benzene rings is 1. The normalized spacial score (nSPS) is 17.2. The highest BCUT2D eigenvalue weighted by Crippen LogP contribution is 2.31. The van der Waals surface area contributed by atoms with Crippen LogP contribution in [0, 0.1) is 11.3 Å². The van der Waals surface area contributed by atoms with Crippen molar-refractivity contribution in [1.82, 2.24) is 14.7 Å². The maximum Gasteiger partial charge on any atom is 0.269 e. The number of nitrogens with zero attached hydrogens (tertiary/aromatic N) is 3. The second kappa shape index (κ2) is 9.36. The molecular weight excluding hydrogens is 460 g/mol. The highest BCUT2D eigenvalue weighted by Gasteiger charge is 2.30. The number of nitriles is 1. The van der Waals surface area contributed by atoms with Gasteiger partial charge in [-0.05, 0) is 36.8 Å². The smallest absolute Gasteiger partial charge is 0.269 e. The van der Waals surface area contributed by atoms with Gasteiger partial charge in [-0.15, -0.1) is 0 Å². The van der Waals surface area contributed by atoms with Crippen molar-refractivity contribution in [3.05, 3.63) is 70.2 Å². The fourth-order valence-electron chi connectivity index (χ4n) is 3.56. The molecular formula is C23H20N4O6S. The van der Waals surface area contributed by atoms with Crippen LogP contribution < -0.4 is 20.3 Å². The zero-order valence-electron chi connectivity index (χ0n) is 18.1. The predicted octanol–water partition coefficient (Wildman–Crippen LogP) is 1.71. The second-order valence-electron chi connectivity index (χ2n) is 7.56. The van der Waals surface area contributed by atoms with Crippen LogP contribution in [0.2, 0.25) is 0 Å². The Labute approximate surface area is 195 Å². The molecule has 0 radical (unpaired) electrons. The standard InChI is InChI=1S/C23H20N4O6S/c1-32-18-6-2-3-7-19(18)33-22-17(23(29)27-10-5-4-8-20(27)26-22)12-15(13-24)21(28)25-16-9-11-34(30,31)14-16/h2-8,10,12,16H,9,11,14H2,1H3,(H,25,28)/b15-12+/t16-/m1/s1. The van der Waals surface area contributed by atoms with Gasteiger partial charge in [-0.2, -0.15) is 10.2 Å². The van der Waals surface area contributed by atoms with Gasteiger partial charge in [0, 0.05) is 12.2 Å². The monoisotopic (exact) mass is 480 g/mol. The molecule has 1 aliphatic heterocycles. The van der Waals surface area contributed by atoms with E-state index in [9.17, 15) is 23.3 Å². The molecule has 0 bridgehead atoms. The summed E-state index contributed by atoms with van der Waals surface area (Å²) < 4.78 is 35.8. The number of methoxy groups -OCH3 is 1. The maximum atomic E-state index is 13.2. The lowest BCUT2D eigenvalue weighted by molar-refractivity contribution is -0.117. The van der Waals surface area contributed by atoms with E-state index in [4.69, 9.17) is 9.47 Å². The molecule has 2 aromatic heterocycles. The number of hydrogen-bond acceptors (Lipinski definition) is 8. The number of aromatic nitrogens is 2. The molecule has 0 spiro atoms. The average molecular weight is 481 g/mol. The number of rotatable bonds is 6. The van der Waals surface area contributed by atoms with Crippen molar-refractivity contribution in [1.29, 1.82) is 5.26 Å². The van der Waals surface area contributed by atoms with Gasteiger partial charge in [0.2, 0.25) is 5.88 Å². The molecule has 1 N–H and O–H groups in total. The minimum atomic E-state index is -3.22. The number of sulfone groups is 1. The molecule has 1 amide bonds. The van der Waals surface area contributed by atoms with Gasteiger partial charge in [0.05, 0.1) is 18.6 Å². The Kier molecular flexibility index (Phi) is 6.34. The number of pyridine rings is 1. The Hall–Kier alpha value is -4.17. The number of fused-ring (bicyclic) bond motifs is 1. The summed E-state index contributed by atoms with van der Waals surface area (Å²) in [6, 6.07) is 12.9. The molecule has 0 saturated carbocycles. The zero-order chi connectivity index (χ0) is 24.3. The molecule has 11 heteroatoms. The number of hydrogen-bond donors (Lipinski definition) is 1. The van der Waals surface area contributed by atoms with E-state index in [1.54, 1.807) is 48.5 Å². The number of para-hydroxylation sites is 2. The minimum Gasteiger partial charge on any atom is -0.493 e. The van der Waals surface area contributed by atoms with Crippen molar-refractivity contribution in [2.24, 2.45) is 0 Å². The van der Waals surface area contributed by atoms with Gasteiger partial charge >= 0.3 is 0 Å². The van der Waals surface area contributed by atoms with Crippen LogP contribution in [0.25, 0.3) is 11.7 Å². The second-order valence-corrected chi connectivity index (χ2v) is 9.79. The molecule has 3 heterocycles. The Balaban J connectivity index is 1.78. The van der Waals surface area contributed by atoms with Crippen LogP contribution in [0.4, 0.5) is 0 Å². The molecule has 1 aliphatic rings.